The lowest BCUT2D eigenvalue weighted by Gasteiger charge is -2.15. The topological polar surface area (TPSA) is 89.7 Å². The number of anilines is 1. The highest BCUT2D eigenvalue weighted by molar-refractivity contribution is 5.88. The molecule has 1 fully saturated rings. The van der Waals surface area contributed by atoms with Crippen LogP contribution in [0.2, 0.25) is 0 Å². The second kappa shape index (κ2) is 6.80. The van der Waals surface area contributed by atoms with Crippen molar-refractivity contribution < 1.29 is 4.79 Å². The molecule has 0 spiro atoms. The normalized spacial score (nSPS) is 15.4. The first-order chi connectivity index (χ1) is 11.1. The van der Waals surface area contributed by atoms with Crippen LogP contribution in [0.3, 0.4) is 0 Å². The Labute approximate surface area is 135 Å². The van der Waals surface area contributed by atoms with E-state index in [4.69, 9.17) is 0 Å². The number of amides is 2. The Morgan fingerprint density at radius 2 is 2.30 bits per heavy atom. The first kappa shape index (κ1) is 15.5. The van der Waals surface area contributed by atoms with E-state index < -0.39 is 0 Å². The molecule has 2 aromatic rings. The Kier molecular flexibility index (Phi) is 4.59. The number of rotatable bonds is 7. The van der Waals surface area contributed by atoms with Gasteiger partial charge in [0, 0.05) is 25.4 Å². The molecular formula is C15H23N7O. The maximum absolute atomic E-state index is 12.0. The summed E-state index contributed by atoms with van der Waals surface area (Å²) >= 11 is 0. The quantitative estimate of drug-likeness (QED) is 0.764. The van der Waals surface area contributed by atoms with Crippen LogP contribution in [0.5, 0.6) is 0 Å². The highest BCUT2D eigenvalue weighted by Crippen LogP contribution is 2.40. The fraction of sp³-hybridized carbons (Fsp3) is 0.600. The predicted octanol–water partition coefficient (Wildman–Crippen LogP) is 1.97. The zero-order valence-corrected chi connectivity index (χ0v) is 13.6. The Balaban J connectivity index is 1.47. The van der Waals surface area contributed by atoms with Crippen LogP contribution in [0.1, 0.15) is 37.9 Å². The van der Waals surface area contributed by atoms with E-state index in [-0.39, 0.29) is 6.03 Å². The van der Waals surface area contributed by atoms with Gasteiger partial charge in [-0.15, -0.1) is 5.10 Å². The van der Waals surface area contributed by atoms with Gasteiger partial charge in [-0.25, -0.2) is 9.48 Å². The van der Waals surface area contributed by atoms with Gasteiger partial charge in [-0.3, -0.25) is 10.00 Å². The summed E-state index contributed by atoms with van der Waals surface area (Å²) in [5.74, 6) is 1.44. The van der Waals surface area contributed by atoms with Crippen molar-refractivity contribution in [1.29, 1.82) is 0 Å². The number of aryl methyl sites for hydroxylation is 2. The Morgan fingerprint density at radius 3 is 3.00 bits per heavy atom. The third kappa shape index (κ3) is 4.08. The molecule has 0 aliphatic heterocycles. The van der Waals surface area contributed by atoms with E-state index in [9.17, 15) is 4.79 Å². The molecule has 124 valence electrons. The van der Waals surface area contributed by atoms with E-state index in [0.717, 1.165) is 24.5 Å². The monoisotopic (exact) mass is 317 g/mol. The van der Waals surface area contributed by atoms with Gasteiger partial charge in [0.2, 0.25) is 0 Å². The Bertz CT molecular complexity index is 645. The first-order valence-corrected chi connectivity index (χ1v) is 8.08. The second-order valence-electron chi connectivity index (χ2n) is 6.09. The molecule has 3 rings (SSSR count). The van der Waals surface area contributed by atoms with Crippen LogP contribution in [-0.4, -0.2) is 37.4 Å². The third-order valence-electron chi connectivity index (χ3n) is 4.11. The lowest BCUT2D eigenvalue weighted by Crippen LogP contribution is -2.31. The molecule has 2 amide bonds. The van der Waals surface area contributed by atoms with E-state index in [1.54, 1.807) is 17.1 Å². The van der Waals surface area contributed by atoms with Crippen molar-refractivity contribution in [2.45, 2.75) is 45.7 Å². The van der Waals surface area contributed by atoms with E-state index in [1.807, 2.05) is 17.7 Å². The fourth-order valence-corrected chi connectivity index (χ4v) is 2.65. The van der Waals surface area contributed by atoms with Gasteiger partial charge in [-0.2, -0.15) is 5.10 Å². The highest BCUT2D eigenvalue weighted by atomic mass is 16.2. The minimum Gasteiger partial charge on any atom is -0.338 e. The molecule has 23 heavy (non-hydrogen) atoms. The predicted molar refractivity (Wildman–Crippen MR) is 86.1 cm³/mol. The Morgan fingerprint density at radius 1 is 1.48 bits per heavy atom. The summed E-state index contributed by atoms with van der Waals surface area (Å²) in [6, 6.07) is 2.03. The molecule has 1 atom stereocenters. The number of carbonyl (C=O) groups is 1. The van der Waals surface area contributed by atoms with Gasteiger partial charge < -0.3 is 5.32 Å². The number of urea groups is 1. The van der Waals surface area contributed by atoms with Gasteiger partial charge in [0.15, 0.2) is 0 Å². The van der Waals surface area contributed by atoms with Crippen LogP contribution in [0.25, 0.3) is 0 Å². The van der Waals surface area contributed by atoms with Crippen molar-refractivity contribution in [3.63, 3.8) is 0 Å². The molecule has 1 saturated carbocycles. The first-order valence-electron chi connectivity index (χ1n) is 8.08. The minimum absolute atomic E-state index is 0.201. The van der Waals surface area contributed by atoms with Crippen LogP contribution in [-0.2, 0) is 6.54 Å². The molecule has 0 bridgehead atoms. The summed E-state index contributed by atoms with van der Waals surface area (Å²) < 4.78 is 3.68. The summed E-state index contributed by atoms with van der Waals surface area (Å²) in [6.07, 6.45) is 6.74. The smallest absolute Gasteiger partial charge is 0.320 e. The number of nitrogens with zero attached hydrogens (tertiary/aromatic N) is 5. The van der Waals surface area contributed by atoms with E-state index >= 15 is 0 Å². The molecule has 0 aromatic carbocycles. The average Bonchev–Trinajstić information content (AvgIpc) is 3.12. The zero-order valence-electron chi connectivity index (χ0n) is 13.6. The molecule has 1 aliphatic carbocycles. The van der Waals surface area contributed by atoms with Crippen LogP contribution >= 0.6 is 0 Å². The molecule has 0 saturated heterocycles. The van der Waals surface area contributed by atoms with Crippen LogP contribution in [0, 0.1) is 12.8 Å². The summed E-state index contributed by atoms with van der Waals surface area (Å²) in [5, 5.41) is 17.9. The zero-order chi connectivity index (χ0) is 16.2. The van der Waals surface area contributed by atoms with Crippen molar-refractivity contribution in [2.24, 2.45) is 5.92 Å². The van der Waals surface area contributed by atoms with Gasteiger partial charge in [0.1, 0.15) is 5.82 Å². The summed E-state index contributed by atoms with van der Waals surface area (Å²) in [6.45, 7) is 5.41. The van der Waals surface area contributed by atoms with E-state index in [2.05, 4.69) is 33.0 Å². The van der Waals surface area contributed by atoms with Crippen molar-refractivity contribution in [1.82, 2.24) is 30.1 Å². The number of hydrogen-bond acceptors (Lipinski definition) is 4. The average molecular weight is 317 g/mol. The molecule has 0 radical (unpaired) electrons. The molecular weight excluding hydrogens is 294 g/mol. The summed E-state index contributed by atoms with van der Waals surface area (Å²) in [4.78, 5) is 12.0. The van der Waals surface area contributed by atoms with Crippen molar-refractivity contribution in [3.8, 4) is 0 Å². The van der Waals surface area contributed by atoms with Crippen molar-refractivity contribution >= 4 is 11.8 Å². The molecule has 2 N–H and O–H groups in total. The van der Waals surface area contributed by atoms with Crippen LogP contribution < -0.4 is 10.6 Å². The lowest BCUT2D eigenvalue weighted by molar-refractivity contribution is 0.251. The molecule has 8 heteroatoms. The van der Waals surface area contributed by atoms with Gasteiger partial charge in [-0.05, 0) is 39.0 Å². The highest BCUT2D eigenvalue weighted by Gasteiger charge is 2.31. The summed E-state index contributed by atoms with van der Waals surface area (Å²) in [7, 11) is 0. The van der Waals surface area contributed by atoms with Gasteiger partial charge in [0.05, 0.1) is 17.9 Å². The third-order valence-corrected chi connectivity index (χ3v) is 4.11. The largest absolute Gasteiger partial charge is 0.338 e. The maximum atomic E-state index is 12.0. The number of nitrogens with one attached hydrogen (secondary N) is 2. The minimum atomic E-state index is -0.201. The number of hydrogen-bond donors (Lipinski definition) is 2. The van der Waals surface area contributed by atoms with Gasteiger partial charge in [-0.1, -0.05) is 5.21 Å². The maximum Gasteiger partial charge on any atom is 0.320 e. The SMILES string of the molecule is Cc1cc(NC(=O)NCCCn2ccnn2)n([C@@H](C)C2CC2)n1. The fourth-order valence-electron chi connectivity index (χ4n) is 2.65. The van der Waals surface area contributed by atoms with E-state index in [1.165, 1.54) is 12.8 Å². The molecule has 1 aliphatic rings. The van der Waals surface area contributed by atoms with E-state index in [0.29, 0.717) is 18.5 Å². The molecule has 0 unspecified atom stereocenters. The molecule has 8 nitrogen and oxygen atoms in total. The number of carbonyl (C=O) groups excluding carboxylic acids is 1. The van der Waals surface area contributed by atoms with Crippen molar-refractivity contribution in [2.75, 3.05) is 11.9 Å². The summed E-state index contributed by atoms with van der Waals surface area (Å²) in [5.41, 5.74) is 0.916. The van der Waals surface area contributed by atoms with Gasteiger partial charge >= 0.3 is 6.03 Å². The Hall–Kier alpha value is -2.38. The number of aromatic nitrogens is 5. The lowest BCUT2D eigenvalue weighted by atomic mass is 10.2. The van der Waals surface area contributed by atoms with Crippen molar-refractivity contribution in [3.05, 3.63) is 24.2 Å². The van der Waals surface area contributed by atoms with Gasteiger partial charge in [0.25, 0.3) is 0 Å². The molecule has 2 heterocycles. The standard InChI is InChI=1S/C15H23N7O/c1-11-10-14(22(19-11)12(2)13-4-5-13)18-15(23)16-6-3-8-21-9-7-17-20-21/h7,9-10,12-13H,3-6,8H2,1-2H3,(H2,16,18,23)/t12-/m0/s1. The van der Waals surface area contributed by atoms with Crippen LogP contribution in [0.15, 0.2) is 18.5 Å². The van der Waals surface area contributed by atoms with Crippen LogP contribution in [0.4, 0.5) is 10.6 Å². The molecule has 2 aromatic heterocycles. The second-order valence-corrected chi connectivity index (χ2v) is 6.09.